The molecule has 1 rings (SSSR count). The van der Waals surface area contributed by atoms with Gasteiger partial charge in [-0.15, -0.1) is 6.42 Å². The van der Waals surface area contributed by atoms with E-state index in [1.54, 1.807) is 12.3 Å². The maximum Gasteiger partial charge on any atom is 0.323 e. The molecule has 1 heterocycles. The number of hydrogen-bond donors (Lipinski definition) is 1. The second kappa shape index (κ2) is 6.40. The van der Waals surface area contributed by atoms with Crippen molar-refractivity contribution in [2.24, 2.45) is 0 Å². The van der Waals surface area contributed by atoms with Gasteiger partial charge in [-0.3, -0.25) is 14.6 Å². The predicted molar refractivity (Wildman–Crippen MR) is 65.7 cm³/mol. The molecule has 0 aliphatic rings. The molecule has 5 heteroatoms. The van der Waals surface area contributed by atoms with Crippen molar-refractivity contribution in [3.05, 3.63) is 29.6 Å². The lowest BCUT2D eigenvalue weighted by Crippen LogP contribution is -2.37. The van der Waals surface area contributed by atoms with Gasteiger partial charge in [-0.05, 0) is 18.6 Å². The molecule has 0 aliphatic carbocycles. The number of carboxylic acid groups (broad SMARTS) is 1. The third-order valence-corrected chi connectivity index (χ3v) is 2.40. The van der Waals surface area contributed by atoms with Crippen LogP contribution in [0.2, 0.25) is 0 Å². The molecule has 1 aromatic heterocycles. The minimum atomic E-state index is -1.09. The van der Waals surface area contributed by atoms with E-state index < -0.39 is 12.5 Å². The van der Waals surface area contributed by atoms with Gasteiger partial charge in [0.05, 0.1) is 18.7 Å². The smallest absolute Gasteiger partial charge is 0.323 e. The Morgan fingerprint density at radius 2 is 2.28 bits per heavy atom. The van der Waals surface area contributed by atoms with Crippen LogP contribution >= 0.6 is 0 Å². The van der Waals surface area contributed by atoms with Crippen molar-refractivity contribution >= 4 is 11.9 Å². The SMILES string of the molecule is C#CCN(CC(=O)O)C(=O)Cc1ncccc1C. The Morgan fingerprint density at radius 1 is 1.56 bits per heavy atom. The van der Waals surface area contributed by atoms with E-state index in [1.807, 2.05) is 13.0 Å². The molecule has 0 unspecified atom stereocenters. The highest BCUT2D eigenvalue weighted by atomic mass is 16.4. The lowest BCUT2D eigenvalue weighted by atomic mass is 10.1. The molecule has 0 saturated carbocycles. The fraction of sp³-hybridized carbons (Fsp3) is 0.308. The average molecular weight is 246 g/mol. The van der Waals surface area contributed by atoms with Crippen LogP contribution in [-0.4, -0.2) is 40.0 Å². The van der Waals surface area contributed by atoms with Gasteiger partial charge in [0.15, 0.2) is 0 Å². The summed E-state index contributed by atoms with van der Waals surface area (Å²) in [6.45, 7) is 1.43. The van der Waals surface area contributed by atoms with Gasteiger partial charge < -0.3 is 10.0 Å². The molecule has 0 bridgehead atoms. The molecule has 0 atom stereocenters. The van der Waals surface area contributed by atoms with E-state index in [-0.39, 0.29) is 18.9 Å². The lowest BCUT2D eigenvalue weighted by Gasteiger charge is -2.18. The summed E-state index contributed by atoms with van der Waals surface area (Å²) in [6, 6.07) is 3.62. The third kappa shape index (κ3) is 3.91. The molecule has 0 aromatic carbocycles. The Bertz CT molecular complexity index is 491. The van der Waals surface area contributed by atoms with Crippen LogP contribution in [0, 0.1) is 19.3 Å². The molecule has 0 radical (unpaired) electrons. The largest absolute Gasteiger partial charge is 0.480 e. The van der Waals surface area contributed by atoms with Crippen LogP contribution in [0.4, 0.5) is 0 Å². The molecule has 94 valence electrons. The van der Waals surface area contributed by atoms with E-state index in [2.05, 4.69) is 10.9 Å². The predicted octanol–water partition coefficient (Wildman–Crippen LogP) is 0.479. The Kier molecular flexibility index (Phi) is 4.88. The number of aromatic nitrogens is 1. The monoisotopic (exact) mass is 246 g/mol. The molecule has 0 saturated heterocycles. The zero-order valence-corrected chi connectivity index (χ0v) is 10.1. The zero-order valence-electron chi connectivity index (χ0n) is 10.1. The Balaban J connectivity index is 2.76. The highest BCUT2D eigenvalue weighted by Crippen LogP contribution is 2.06. The van der Waals surface area contributed by atoms with Crippen LogP contribution in [0.15, 0.2) is 18.3 Å². The number of pyridine rings is 1. The summed E-state index contributed by atoms with van der Waals surface area (Å²) in [4.78, 5) is 27.8. The summed E-state index contributed by atoms with van der Waals surface area (Å²) in [5, 5.41) is 8.70. The van der Waals surface area contributed by atoms with Crippen LogP contribution in [0.3, 0.4) is 0 Å². The number of nitrogens with zero attached hydrogens (tertiary/aromatic N) is 2. The van der Waals surface area contributed by atoms with Gasteiger partial charge in [0, 0.05) is 6.20 Å². The van der Waals surface area contributed by atoms with Crippen molar-refractivity contribution in [1.82, 2.24) is 9.88 Å². The maximum absolute atomic E-state index is 11.9. The van der Waals surface area contributed by atoms with Gasteiger partial charge in [-0.25, -0.2) is 0 Å². The van der Waals surface area contributed by atoms with E-state index in [0.717, 1.165) is 10.5 Å². The zero-order chi connectivity index (χ0) is 13.5. The number of rotatable bonds is 5. The summed E-state index contributed by atoms with van der Waals surface area (Å²) in [5.41, 5.74) is 1.52. The van der Waals surface area contributed by atoms with Crippen molar-refractivity contribution in [1.29, 1.82) is 0 Å². The van der Waals surface area contributed by atoms with E-state index in [0.29, 0.717) is 5.69 Å². The number of hydrogen-bond acceptors (Lipinski definition) is 3. The summed E-state index contributed by atoms with van der Waals surface area (Å²) in [5.74, 6) is 0.853. The number of amides is 1. The van der Waals surface area contributed by atoms with Crippen LogP contribution in [0.1, 0.15) is 11.3 Å². The van der Waals surface area contributed by atoms with Crippen LogP contribution in [-0.2, 0) is 16.0 Å². The minimum absolute atomic E-state index is 0.0169. The van der Waals surface area contributed by atoms with Gasteiger partial charge in [0.2, 0.25) is 5.91 Å². The first-order chi connectivity index (χ1) is 8.54. The number of carbonyl (C=O) groups is 2. The molecule has 0 spiro atoms. The van der Waals surface area contributed by atoms with Crippen molar-refractivity contribution < 1.29 is 14.7 Å². The summed E-state index contributed by atoms with van der Waals surface area (Å²) in [7, 11) is 0. The molecule has 1 N–H and O–H groups in total. The van der Waals surface area contributed by atoms with Crippen molar-refractivity contribution in [3.63, 3.8) is 0 Å². The topological polar surface area (TPSA) is 70.5 Å². The van der Waals surface area contributed by atoms with Gasteiger partial charge in [-0.2, -0.15) is 0 Å². The number of aryl methyl sites for hydroxylation is 1. The fourth-order valence-corrected chi connectivity index (χ4v) is 1.46. The highest BCUT2D eigenvalue weighted by molar-refractivity contribution is 5.83. The maximum atomic E-state index is 11.9. The second-order valence-corrected chi connectivity index (χ2v) is 3.79. The van der Waals surface area contributed by atoms with E-state index in [1.165, 1.54) is 0 Å². The lowest BCUT2D eigenvalue weighted by molar-refractivity contribution is -0.143. The van der Waals surface area contributed by atoms with E-state index in [9.17, 15) is 9.59 Å². The molecule has 18 heavy (non-hydrogen) atoms. The van der Waals surface area contributed by atoms with Gasteiger partial charge in [0.1, 0.15) is 6.54 Å². The quantitative estimate of drug-likeness (QED) is 0.767. The van der Waals surface area contributed by atoms with Crippen molar-refractivity contribution in [3.8, 4) is 12.3 Å². The number of carboxylic acids is 1. The number of terminal acetylenes is 1. The fourth-order valence-electron chi connectivity index (χ4n) is 1.46. The molecule has 1 amide bonds. The normalized spacial score (nSPS) is 9.56. The van der Waals surface area contributed by atoms with Crippen LogP contribution in [0.25, 0.3) is 0 Å². The van der Waals surface area contributed by atoms with Crippen LogP contribution < -0.4 is 0 Å². The second-order valence-electron chi connectivity index (χ2n) is 3.79. The molecular weight excluding hydrogens is 232 g/mol. The molecule has 0 aliphatic heterocycles. The minimum Gasteiger partial charge on any atom is -0.480 e. The first-order valence-electron chi connectivity index (χ1n) is 5.38. The number of aliphatic carboxylic acids is 1. The van der Waals surface area contributed by atoms with Gasteiger partial charge in [0.25, 0.3) is 0 Å². The van der Waals surface area contributed by atoms with E-state index in [4.69, 9.17) is 11.5 Å². The van der Waals surface area contributed by atoms with Crippen molar-refractivity contribution in [2.75, 3.05) is 13.1 Å². The molecular formula is C13H14N2O3. The Morgan fingerprint density at radius 3 is 2.83 bits per heavy atom. The summed E-state index contributed by atoms with van der Waals surface area (Å²) >= 11 is 0. The molecule has 5 nitrogen and oxygen atoms in total. The van der Waals surface area contributed by atoms with Gasteiger partial charge >= 0.3 is 5.97 Å². The molecule has 1 aromatic rings. The first-order valence-corrected chi connectivity index (χ1v) is 5.38. The Labute approximate surface area is 105 Å². The number of carbonyl (C=O) groups excluding carboxylic acids is 1. The summed E-state index contributed by atoms with van der Waals surface area (Å²) < 4.78 is 0. The van der Waals surface area contributed by atoms with Crippen LogP contribution in [0.5, 0.6) is 0 Å². The standard InChI is InChI=1S/C13H14N2O3/c1-3-7-15(9-13(17)18)12(16)8-11-10(2)5-4-6-14-11/h1,4-6H,7-9H2,2H3,(H,17,18). The van der Waals surface area contributed by atoms with Gasteiger partial charge in [-0.1, -0.05) is 12.0 Å². The first kappa shape index (κ1) is 13.7. The Hall–Kier alpha value is -2.35. The van der Waals surface area contributed by atoms with Crippen molar-refractivity contribution in [2.45, 2.75) is 13.3 Å². The molecule has 0 fully saturated rings. The highest BCUT2D eigenvalue weighted by Gasteiger charge is 2.17. The van der Waals surface area contributed by atoms with E-state index >= 15 is 0 Å². The third-order valence-electron chi connectivity index (χ3n) is 2.40. The summed E-state index contributed by atoms with van der Waals surface area (Å²) in [6.07, 6.45) is 6.77. The average Bonchev–Trinajstić information content (AvgIpc) is 2.31.